The molecule has 1 heterocycles. The van der Waals surface area contributed by atoms with Crippen LogP contribution in [0.15, 0.2) is 71.1 Å². The van der Waals surface area contributed by atoms with Gasteiger partial charge >= 0.3 is 0 Å². The predicted molar refractivity (Wildman–Crippen MR) is 79.1 cm³/mol. The van der Waals surface area contributed by atoms with Crippen molar-refractivity contribution in [2.45, 2.75) is 13.3 Å². The Kier molecular flexibility index (Phi) is 3.15. The van der Waals surface area contributed by atoms with E-state index in [1.54, 1.807) is 6.21 Å². The molecule has 0 atom stereocenters. The predicted octanol–water partition coefficient (Wildman–Crippen LogP) is 4.28. The zero-order chi connectivity index (χ0) is 13.1. The average molecular weight is 249 g/mol. The molecule has 1 aliphatic carbocycles. The molecule has 0 bridgehead atoms. The molecule has 2 heteroatoms. The van der Waals surface area contributed by atoms with Crippen molar-refractivity contribution in [2.24, 2.45) is 4.99 Å². The molecule has 19 heavy (non-hydrogen) atoms. The molecule has 2 nitrogen and oxygen atoms in total. The Balaban J connectivity index is 2.18. The fourth-order valence-electron chi connectivity index (χ4n) is 2.29. The van der Waals surface area contributed by atoms with Crippen LogP contribution >= 0.6 is 0 Å². The third kappa shape index (κ3) is 2.17. The third-order valence-electron chi connectivity index (χ3n) is 3.17. The van der Waals surface area contributed by atoms with Crippen molar-refractivity contribution in [3.63, 3.8) is 0 Å². The summed E-state index contributed by atoms with van der Waals surface area (Å²) in [6, 6.07) is 8.09. The molecule has 0 unspecified atom stereocenters. The topological polar surface area (TPSA) is 21.6 Å². The molecule has 94 valence electrons. The summed E-state index contributed by atoms with van der Waals surface area (Å²) in [5.74, 6) is 1.89. The summed E-state index contributed by atoms with van der Waals surface area (Å²) in [5, 5.41) is 0. The summed E-state index contributed by atoms with van der Waals surface area (Å²) in [6.07, 6.45) is 12.8. The second kappa shape index (κ2) is 5.11. The first-order valence-corrected chi connectivity index (χ1v) is 6.42. The Bertz CT molecular complexity index is 645. The Morgan fingerprint density at radius 3 is 3.00 bits per heavy atom. The number of rotatable bonds is 1. The van der Waals surface area contributed by atoms with Crippen LogP contribution in [0.5, 0.6) is 5.75 Å². The number of hydrogen-bond acceptors (Lipinski definition) is 2. The van der Waals surface area contributed by atoms with Gasteiger partial charge in [0, 0.05) is 35.5 Å². The van der Waals surface area contributed by atoms with Crippen LogP contribution in [-0.4, -0.2) is 6.21 Å². The summed E-state index contributed by atoms with van der Waals surface area (Å²) in [7, 11) is 0. The van der Waals surface area contributed by atoms with E-state index in [9.17, 15) is 0 Å². The van der Waals surface area contributed by atoms with Gasteiger partial charge in [-0.1, -0.05) is 42.5 Å². The van der Waals surface area contributed by atoms with E-state index in [0.29, 0.717) is 0 Å². The first kappa shape index (κ1) is 11.7. The molecule has 0 spiro atoms. The lowest BCUT2D eigenvalue weighted by Crippen LogP contribution is -2.08. The van der Waals surface area contributed by atoms with Gasteiger partial charge in [-0.2, -0.15) is 0 Å². The van der Waals surface area contributed by atoms with E-state index in [1.807, 2.05) is 43.5 Å². The quantitative estimate of drug-likeness (QED) is 0.681. The van der Waals surface area contributed by atoms with E-state index >= 15 is 0 Å². The number of allylic oxidation sites excluding steroid dienone is 6. The van der Waals surface area contributed by atoms with Crippen molar-refractivity contribution in [3.05, 3.63) is 71.7 Å². The molecule has 1 aliphatic heterocycles. The first-order valence-electron chi connectivity index (χ1n) is 6.42. The summed E-state index contributed by atoms with van der Waals surface area (Å²) < 4.78 is 6.01. The maximum absolute atomic E-state index is 6.01. The molecule has 0 aromatic heterocycles. The Hall–Kier alpha value is -2.35. The molecule has 0 amide bonds. The van der Waals surface area contributed by atoms with Crippen LogP contribution in [0, 0.1) is 0 Å². The standard InChI is InChI=1S/C17H15NO/c1-2-18-12-15-13-8-4-3-5-10-16(13)19-17-11-7-6-9-14(15)17/h2-9,11-12H,10H2,1H3/b15-12+,18-2?. The number of hydrogen-bond donors (Lipinski definition) is 0. The Morgan fingerprint density at radius 1 is 1.21 bits per heavy atom. The fourth-order valence-corrected chi connectivity index (χ4v) is 2.29. The summed E-state index contributed by atoms with van der Waals surface area (Å²) in [5.41, 5.74) is 3.34. The zero-order valence-electron chi connectivity index (χ0n) is 10.8. The smallest absolute Gasteiger partial charge is 0.134 e. The van der Waals surface area contributed by atoms with Crippen LogP contribution in [0.2, 0.25) is 0 Å². The summed E-state index contributed by atoms with van der Waals surface area (Å²) >= 11 is 0. The molecular formula is C17H15NO. The minimum absolute atomic E-state index is 0.809. The van der Waals surface area contributed by atoms with E-state index in [-0.39, 0.29) is 0 Å². The molecule has 0 fully saturated rings. The highest BCUT2D eigenvalue weighted by atomic mass is 16.5. The van der Waals surface area contributed by atoms with E-state index in [4.69, 9.17) is 4.74 Å². The van der Waals surface area contributed by atoms with Crippen molar-refractivity contribution >= 4 is 11.8 Å². The fraction of sp³-hybridized carbons (Fsp3) is 0.118. The zero-order valence-corrected chi connectivity index (χ0v) is 10.8. The molecule has 2 aliphatic rings. The minimum Gasteiger partial charge on any atom is -0.460 e. The average Bonchev–Trinajstić information content (AvgIpc) is 2.68. The van der Waals surface area contributed by atoms with Crippen LogP contribution in [0.1, 0.15) is 18.9 Å². The van der Waals surface area contributed by atoms with Gasteiger partial charge in [0.25, 0.3) is 0 Å². The number of benzene rings is 1. The monoisotopic (exact) mass is 249 g/mol. The maximum atomic E-state index is 6.01. The highest BCUT2D eigenvalue weighted by Gasteiger charge is 2.22. The van der Waals surface area contributed by atoms with E-state index in [1.165, 1.54) is 0 Å². The van der Waals surface area contributed by atoms with E-state index in [0.717, 1.165) is 34.6 Å². The highest BCUT2D eigenvalue weighted by Crippen LogP contribution is 2.40. The number of nitrogens with zero attached hydrogens (tertiary/aromatic N) is 1. The van der Waals surface area contributed by atoms with Gasteiger partial charge in [-0.25, -0.2) is 0 Å². The molecule has 1 aromatic rings. The van der Waals surface area contributed by atoms with Crippen LogP contribution in [0.4, 0.5) is 0 Å². The van der Waals surface area contributed by atoms with Crippen molar-refractivity contribution < 1.29 is 4.74 Å². The van der Waals surface area contributed by atoms with Crippen molar-refractivity contribution in [3.8, 4) is 5.75 Å². The number of ether oxygens (including phenoxy) is 1. The number of fused-ring (bicyclic) bond motifs is 1. The lowest BCUT2D eigenvalue weighted by molar-refractivity contribution is 0.407. The normalized spacial score (nSPS) is 19.3. The molecular weight excluding hydrogens is 234 g/mol. The third-order valence-corrected chi connectivity index (χ3v) is 3.17. The second-order valence-corrected chi connectivity index (χ2v) is 4.38. The van der Waals surface area contributed by atoms with Gasteiger partial charge < -0.3 is 4.74 Å². The molecule has 1 aromatic carbocycles. The van der Waals surface area contributed by atoms with Gasteiger partial charge in [0.15, 0.2) is 0 Å². The summed E-state index contributed by atoms with van der Waals surface area (Å²) in [6.45, 7) is 1.92. The largest absolute Gasteiger partial charge is 0.460 e. The highest BCUT2D eigenvalue weighted by molar-refractivity contribution is 5.87. The molecule has 0 saturated heterocycles. The van der Waals surface area contributed by atoms with Gasteiger partial charge in [-0.15, -0.1) is 0 Å². The van der Waals surface area contributed by atoms with Crippen molar-refractivity contribution in [1.82, 2.24) is 0 Å². The van der Waals surface area contributed by atoms with Crippen LogP contribution in [-0.2, 0) is 0 Å². The van der Waals surface area contributed by atoms with E-state index < -0.39 is 0 Å². The van der Waals surface area contributed by atoms with Gasteiger partial charge in [-0.3, -0.25) is 4.99 Å². The maximum Gasteiger partial charge on any atom is 0.134 e. The number of aliphatic imine (C=N–C) groups is 1. The van der Waals surface area contributed by atoms with Crippen LogP contribution in [0.3, 0.4) is 0 Å². The van der Waals surface area contributed by atoms with Gasteiger partial charge in [0.2, 0.25) is 0 Å². The summed E-state index contributed by atoms with van der Waals surface area (Å²) in [4.78, 5) is 4.28. The van der Waals surface area contributed by atoms with Gasteiger partial charge in [0.1, 0.15) is 11.5 Å². The molecule has 0 radical (unpaired) electrons. The van der Waals surface area contributed by atoms with Crippen LogP contribution in [0.25, 0.3) is 5.57 Å². The van der Waals surface area contributed by atoms with Crippen LogP contribution < -0.4 is 4.74 Å². The van der Waals surface area contributed by atoms with Gasteiger partial charge in [0.05, 0.1) is 0 Å². The SMILES string of the molecule is CC=N/C=C1\C2=C(CC=CC=C2)Oc2ccccc21. The Labute approximate surface area is 113 Å². The van der Waals surface area contributed by atoms with Gasteiger partial charge in [-0.05, 0) is 13.0 Å². The second-order valence-electron chi connectivity index (χ2n) is 4.38. The molecule has 0 N–H and O–H groups in total. The first-order chi connectivity index (χ1) is 9.40. The Morgan fingerprint density at radius 2 is 2.11 bits per heavy atom. The molecule has 0 saturated carbocycles. The minimum atomic E-state index is 0.809. The van der Waals surface area contributed by atoms with E-state index in [2.05, 4.69) is 23.2 Å². The van der Waals surface area contributed by atoms with Crippen molar-refractivity contribution in [1.29, 1.82) is 0 Å². The lowest BCUT2D eigenvalue weighted by atomic mass is 9.94. The number of para-hydroxylation sites is 1. The lowest BCUT2D eigenvalue weighted by Gasteiger charge is -2.23. The molecule has 3 rings (SSSR count). The van der Waals surface area contributed by atoms with Crippen molar-refractivity contribution in [2.75, 3.05) is 0 Å².